The Labute approximate surface area is 169 Å². The average molecular weight is 378 g/mol. The Morgan fingerprint density at radius 3 is 2.52 bits per heavy atom. The molecule has 0 amide bonds. The average Bonchev–Trinajstić information content (AvgIpc) is 3.25. The Kier molecular flexibility index (Phi) is 4.13. The molecule has 0 N–H and O–H groups in total. The predicted molar refractivity (Wildman–Crippen MR) is 122 cm³/mol. The topological polar surface area (TPSA) is 26.3 Å². The van der Waals surface area contributed by atoms with Crippen LogP contribution in [0.25, 0.3) is 45.1 Å². The third-order valence-electron chi connectivity index (χ3n) is 5.41. The Morgan fingerprint density at radius 1 is 0.862 bits per heavy atom. The van der Waals surface area contributed by atoms with Gasteiger partial charge in [-0.05, 0) is 56.2 Å². The van der Waals surface area contributed by atoms with Gasteiger partial charge in [-0.15, -0.1) is 0 Å². The third-order valence-corrected chi connectivity index (χ3v) is 5.41. The summed E-state index contributed by atoms with van der Waals surface area (Å²) in [6.07, 6.45) is 4.85. The molecule has 0 aliphatic carbocycles. The Hall–Kier alpha value is -3.52. The molecular formula is C27H22O2. The quantitative estimate of drug-likeness (QED) is 0.317. The number of hydrogen-bond donors (Lipinski definition) is 0. The highest BCUT2D eigenvalue weighted by Crippen LogP contribution is 2.32. The Morgan fingerprint density at radius 2 is 1.66 bits per heavy atom. The van der Waals surface area contributed by atoms with E-state index in [1.807, 2.05) is 24.3 Å². The lowest BCUT2D eigenvalue weighted by Crippen LogP contribution is -1.87. The van der Waals surface area contributed by atoms with E-state index in [2.05, 4.69) is 62.9 Å². The van der Waals surface area contributed by atoms with Crippen molar-refractivity contribution in [2.75, 3.05) is 0 Å². The molecule has 0 saturated heterocycles. The van der Waals surface area contributed by atoms with E-state index >= 15 is 0 Å². The number of furan rings is 2. The monoisotopic (exact) mass is 378 g/mol. The third kappa shape index (κ3) is 3.07. The van der Waals surface area contributed by atoms with Crippen molar-refractivity contribution in [1.82, 2.24) is 0 Å². The highest BCUT2D eigenvalue weighted by atomic mass is 16.3. The van der Waals surface area contributed by atoms with Crippen molar-refractivity contribution in [2.45, 2.75) is 20.3 Å². The molecule has 3 aromatic carbocycles. The normalized spacial score (nSPS) is 12.3. The minimum absolute atomic E-state index is 0.817. The second-order valence-corrected chi connectivity index (χ2v) is 7.68. The summed E-state index contributed by atoms with van der Waals surface area (Å²) in [4.78, 5) is 0. The zero-order valence-electron chi connectivity index (χ0n) is 16.7. The summed E-state index contributed by atoms with van der Waals surface area (Å²) in [5.74, 6) is 0.817. The summed E-state index contributed by atoms with van der Waals surface area (Å²) in [7, 11) is 0. The lowest BCUT2D eigenvalue weighted by molar-refractivity contribution is 0.603. The van der Waals surface area contributed by atoms with Gasteiger partial charge >= 0.3 is 0 Å². The van der Waals surface area contributed by atoms with Crippen molar-refractivity contribution >= 4 is 45.1 Å². The number of fused-ring (bicyclic) bond motifs is 4. The molecule has 2 nitrogen and oxygen atoms in total. The molecular weight excluding hydrogens is 356 g/mol. The van der Waals surface area contributed by atoms with E-state index in [0.717, 1.165) is 50.7 Å². The van der Waals surface area contributed by atoms with Crippen molar-refractivity contribution in [3.63, 3.8) is 0 Å². The number of aryl methyl sites for hydroxylation is 1. The number of hydrogen-bond acceptors (Lipinski definition) is 2. The van der Waals surface area contributed by atoms with Crippen LogP contribution in [0.5, 0.6) is 0 Å². The van der Waals surface area contributed by atoms with Gasteiger partial charge in [0.25, 0.3) is 0 Å². The molecule has 0 bridgehead atoms. The molecule has 0 spiro atoms. The first-order valence-electron chi connectivity index (χ1n) is 9.85. The smallest absolute Gasteiger partial charge is 0.135 e. The van der Waals surface area contributed by atoms with Crippen molar-refractivity contribution in [2.24, 2.45) is 0 Å². The van der Waals surface area contributed by atoms with Crippen LogP contribution < -0.4 is 0 Å². The molecule has 29 heavy (non-hydrogen) atoms. The van der Waals surface area contributed by atoms with Gasteiger partial charge in [0.05, 0.1) is 0 Å². The maximum absolute atomic E-state index is 6.04. The summed E-state index contributed by atoms with van der Waals surface area (Å²) >= 11 is 0. The molecule has 0 aliphatic rings. The van der Waals surface area contributed by atoms with Gasteiger partial charge in [-0.2, -0.15) is 0 Å². The summed E-state index contributed by atoms with van der Waals surface area (Å²) < 4.78 is 12.0. The highest BCUT2D eigenvalue weighted by Gasteiger charge is 2.11. The first-order valence-corrected chi connectivity index (χ1v) is 9.85. The lowest BCUT2D eigenvalue weighted by Gasteiger charge is -2.03. The standard InChI is InChI=1S/C27H22O2/c1-4-24-22(23-14-17(2)9-12-26(23)28-24)15-18(3)13-19-10-11-21-20-7-5-6-8-25(20)29-27(21)16-19/h4-12,14-16H,1,13H2,2-3H3/b18-15+. The molecule has 2 heteroatoms. The summed E-state index contributed by atoms with van der Waals surface area (Å²) in [6, 6.07) is 20.9. The molecule has 2 heterocycles. The van der Waals surface area contributed by atoms with E-state index in [-0.39, 0.29) is 0 Å². The van der Waals surface area contributed by atoms with Crippen molar-refractivity contribution in [3.05, 3.63) is 95.3 Å². The molecule has 0 radical (unpaired) electrons. The van der Waals surface area contributed by atoms with Gasteiger partial charge in [0.1, 0.15) is 22.5 Å². The molecule has 0 saturated carbocycles. The minimum Gasteiger partial charge on any atom is -0.456 e. The van der Waals surface area contributed by atoms with E-state index in [1.54, 1.807) is 6.08 Å². The molecule has 0 aliphatic heterocycles. The maximum atomic E-state index is 6.04. The molecule has 142 valence electrons. The minimum atomic E-state index is 0.817. The second kappa shape index (κ2) is 6.82. The van der Waals surface area contributed by atoms with Gasteiger partial charge in [-0.3, -0.25) is 0 Å². The lowest BCUT2D eigenvalue weighted by atomic mass is 10.0. The molecule has 2 aromatic heterocycles. The molecule has 0 atom stereocenters. The van der Waals surface area contributed by atoms with Crippen LogP contribution in [0.15, 0.2) is 81.7 Å². The van der Waals surface area contributed by atoms with E-state index in [9.17, 15) is 0 Å². The fourth-order valence-corrected chi connectivity index (χ4v) is 4.05. The van der Waals surface area contributed by atoms with E-state index in [0.29, 0.717) is 0 Å². The van der Waals surface area contributed by atoms with Crippen molar-refractivity contribution in [1.29, 1.82) is 0 Å². The van der Waals surface area contributed by atoms with Gasteiger partial charge in [0, 0.05) is 21.7 Å². The van der Waals surface area contributed by atoms with Crippen LogP contribution in [0.1, 0.15) is 29.4 Å². The zero-order chi connectivity index (χ0) is 20.0. The first-order chi connectivity index (χ1) is 14.1. The molecule has 5 aromatic rings. The fraction of sp³-hybridized carbons (Fsp3) is 0.111. The SMILES string of the molecule is C=Cc1oc2ccc(C)cc2c1/C=C(\C)Cc1ccc2c(c1)oc1ccccc12. The van der Waals surface area contributed by atoms with Gasteiger partial charge in [0.15, 0.2) is 0 Å². The van der Waals surface area contributed by atoms with E-state index in [1.165, 1.54) is 16.7 Å². The Balaban J connectivity index is 1.53. The molecule has 0 unspecified atom stereocenters. The highest BCUT2D eigenvalue weighted by molar-refractivity contribution is 6.04. The summed E-state index contributed by atoms with van der Waals surface area (Å²) in [5, 5.41) is 3.46. The van der Waals surface area contributed by atoms with Crippen LogP contribution >= 0.6 is 0 Å². The number of allylic oxidation sites excluding steroid dienone is 1. The van der Waals surface area contributed by atoms with Crippen molar-refractivity contribution < 1.29 is 8.83 Å². The maximum Gasteiger partial charge on any atom is 0.135 e. The van der Waals surface area contributed by atoms with Crippen molar-refractivity contribution in [3.8, 4) is 0 Å². The predicted octanol–water partition coefficient (Wildman–Crippen LogP) is 7.93. The van der Waals surface area contributed by atoms with E-state index < -0.39 is 0 Å². The number of para-hydroxylation sites is 1. The fourth-order valence-electron chi connectivity index (χ4n) is 4.05. The molecule has 5 rings (SSSR count). The largest absolute Gasteiger partial charge is 0.456 e. The van der Waals surface area contributed by atoms with Gasteiger partial charge in [0.2, 0.25) is 0 Å². The number of rotatable bonds is 4. The van der Waals surface area contributed by atoms with Crippen LogP contribution in [0.4, 0.5) is 0 Å². The summed E-state index contributed by atoms with van der Waals surface area (Å²) in [5.41, 5.74) is 7.57. The Bertz CT molecular complexity index is 1410. The van der Waals surface area contributed by atoms with Crippen LogP contribution in [0.3, 0.4) is 0 Å². The summed E-state index contributed by atoms with van der Waals surface area (Å²) in [6.45, 7) is 8.18. The number of benzene rings is 3. The zero-order valence-corrected chi connectivity index (χ0v) is 16.7. The van der Waals surface area contributed by atoms with Crippen LogP contribution in [0.2, 0.25) is 0 Å². The van der Waals surface area contributed by atoms with Gasteiger partial charge in [-0.25, -0.2) is 0 Å². The van der Waals surface area contributed by atoms with Crippen LogP contribution in [-0.2, 0) is 6.42 Å². The van der Waals surface area contributed by atoms with E-state index in [4.69, 9.17) is 8.83 Å². The first kappa shape index (κ1) is 17.6. The van der Waals surface area contributed by atoms with Gasteiger partial charge < -0.3 is 8.83 Å². The van der Waals surface area contributed by atoms with Crippen LogP contribution in [0, 0.1) is 6.92 Å². The molecule has 0 fully saturated rings. The van der Waals surface area contributed by atoms with Crippen LogP contribution in [-0.4, -0.2) is 0 Å². The van der Waals surface area contributed by atoms with Gasteiger partial charge in [-0.1, -0.05) is 60.2 Å². The second-order valence-electron chi connectivity index (χ2n) is 7.68.